The van der Waals surface area contributed by atoms with Crippen LogP contribution in [0, 0.1) is 0 Å². The van der Waals surface area contributed by atoms with Crippen molar-refractivity contribution in [3.05, 3.63) is 11.6 Å². The normalized spacial score (nSPS) is 20.3. The molecule has 1 aliphatic carbocycles. The van der Waals surface area contributed by atoms with Crippen LogP contribution in [-0.2, 0) is 14.3 Å². The molecule has 0 heterocycles. The lowest BCUT2D eigenvalue weighted by Crippen LogP contribution is -2.02. The Morgan fingerprint density at radius 1 is 1.60 bits per heavy atom. The smallest absolute Gasteiger partial charge is 0.305 e. The number of rotatable bonds is 5. The quantitative estimate of drug-likeness (QED) is 0.545. The van der Waals surface area contributed by atoms with Crippen LogP contribution >= 0.6 is 0 Å². The van der Waals surface area contributed by atoms with E-state index in [9.17, 15) is 14.7 Å². The maximum atomic E-state index is 11.2. The van der Waals surface area contributed by atoms with Gasteiger partial charge in [-0.2, -0.15) is 0 Å². The zero-order chi connectivity index (χ0) is 11.3. The molecule has 1 unspecified atom stereocenters. The highest BCUT2D eigenvalue weighted by Gasteiger charge is 2.21. The number of ether oxygens (including phenoxy) is 1. The largest absolute Gasteiger partial charge is 0.469 e. The summed E-state index contributed by atoms with van der Waals surface area (Å²) in [7, 11) is 1.36. The van der Waals surface area contributed by atoms with Crippen molar-refractivity contribution < 1.29 is 19.4 Å². The number of Topliss-reactive ketones (excluding diaryl/α,β-unsaturated/α-hetero) is 1. The number of ketones is 1. The Kier molecular flexibility index (Phi) is 4.49. The van der Waals surface area contributed by atoms with Crippen molar-refractivity contribution in [3.8, 4) is 0 Å². The lowest BCUT2D eigenvalue weighted by atomic mass is 10.1. The standard InChI is InChI=1S/C11H16O4/c1-15-11(14)5-3-2-4-8-6-9(12)7-10(8)13/h6,9,12H,2-5,7H2,1H3. The number of aliphatic hydroxyl groups is 1. The Balaban J connectivity index is 2.18. The molecule has 0 saturated heterocycles. The highest BCUT2D eigenvalue weighted by Crippen LogP contribution is 2.20. The minimum absolute atomic E-state index is 0.0283. The minimum atomic E-state index is -0.604. The van der Waals surface area contributed by atoms with Crippen LogP contribution in [0.2, 0.25) is 0 Å². The molecule has 4 heteroatoms. The van der Waals surface area contributed by atoms with Crippen LogP contribution in [0.3, 0.4) is 0 Å². The van der Waals surface area contributed by atoms with E-state index in [1.807, 2.05) is 0 Å². The number of unbranched alkanes of at least 4 members (excludes halogenated alkanes) is 1. The summed E-state index contributed by atoms with van der Waals surface area (Å²) in [6, 6.07) is 0. The molecule has 1 N–H and O–H groups in total. The van der Waals surface area contributed by atoms with Gasteiger partial charge < -0.3 is 9.84 Å². The average Bonchev–Trinajstić information content (AvgIpc) is 2.52. The summed E-state index contributed by atoms with van der Waals surface area (Å²) in [6.07, 6.45) is 3.75. The van der Waals surface area contributed by atoms with Gasteiger partial charge in [0.25, 0.3) is 0 Å². The number of allylic oxidation sites excluding steroid dienone is 1. The van der Waals surface area contributed by atoms with Crippen LogP contribution < -0.4 is 0 Å². The molecule has 4 nitrogen and oxygen atoms in total. The molecule has 0 spiro atoms. The SMILES string of the molecule is COC(=O)CCCCC1=CC(O)CC1=O. The lowest BCUT2D eigenvalue weighted by molar-refractivity contribution is -0.140. The van der Waals surface area contributed by atoms with Crippen molar-refractivity contribution >= 4 is 11.8 Å². The van der Waals surface area contributed by atoms with Gasteiger partial charge in [-0.1, -0.05) is 0 Å². The second-order valence-electron chi connectivity index (χ2n) is 3.67. The maximum absolute atomic E-state index is 11.2. The van der Waals surface area contributed by atoms with E-state index < -0.39 is 6.10 Å². The van der Waals surface area contributed by atoms with Gasteiger partial charge in [0.05, 0.1) is 13.2 Å². The van der Waals surface area contributed by atoms with Gasteiger partial charge in [-0.25, -0.2) is 0 Å². The van der Waals surface area contributed by atoms with E-state index in [1.54, 1.807) is 6.08 Å². The number of methoxy groups -OCH3 is 1. The number of hydrogen-bond donors (Lipinski definition) is 1. The van der Waals surface area contributed by atoms with E-state index in [0.717, 1.165) is 6.42 Å². The van der Waals surface area contributed by atoms with Crippen molar-refractivity contribution in [1.82, 2.24) is 0 Å². The molecule has 0 bridgehead atoms. The number of hydrogen-bond acceptors (Lipinski definition) is 4. The molecular weight excluding hydrogens is 196 g/mol. The summed E-state index contributed by atoms with van der Waals surface area (Å²) in [6.45, 7) is 0. The molecule has 0 radical (unpaired) electrons. The van der Waals surface area contributed by atoms with Crippen LogP contribution in [-0.4, -0.2) is 30.1 Å². The summed E-state index contributed by atoms with van der Waals surface area (Å²) in [5.74, 6) is -0.192. The third-order valence-corrected chi connectivity index (χ3v) is 2.45. The maximum Gasteiger partial charge on any atom is 0.305 e. The third kappa shape index (κ3) is 3.83. The van der Waals surface area contributed by atoms with E-state index >= 15 is 0 Å². The van der Waals surface area contributed by atoms with Crippen LogP contribution in [0.4, 0.5) is 0 Å². The fourth-order valence-corrected chi connectivity index (χ4v) is 1.61. The zero-order valence-electron chi connectivity index (χ0n) is 8.86. The van der Waals surface area contributed by atoms with Gasteiger partial charge in [0, 0.05) is 12.8 Å². The van der Waals surface area contributed by atoms with E-state index in [4.69, 9.17) is 0 Å². The van der Waals surface area contributed by atoms with Crippen molar-refractivity contribution in [2.75, 3.05) is 7.11 Å². The average molecular weight is 212 g/mol. The molecule has 1 atom stereocenters. The zero-order valence-corrected chi connectivity index (χ0v) is 8.86. The van der Waals surface area contributed by atoms with Crippen LogP contribution in [0.1, 0.15) is 32.1 Å². The Morgan fingerprint density at radius 2 is 2.33 bits per heavy atom. The topological polar surface area (TPSA) is 63.6 Å². The van der Waals surface area contributed by atoms with Gasteiger partial charge in [-0.05, 0) is 30.9 Å². The summed E-state index contributed by atoms with van der Waals surface area (Å²) in [5.41, 5.74) is 0.701. The fourth-order valence-electron chi connectivity index (χ4n) is 1.61. The summed E-state index contributed by atoms with van der Waals surface area (Å²) >= 11 is 0. The second kappa shape index (κ2) is 5.66. The number of esters is 1. The number of aliphatic hydroxyl groups excluding tert-OH is 1. The van der Waals surface area contributed by atoms with E-state index in [0.29, 0.717) is 24.8 Å². The predicted octanol–water partition coefficient (Wildman–Crippen LogP) is 0.980. The van der Waals surface area contributed by atoms with Crippen molar-refractivity contribution in [2.45, 2.75) is 38.2 Å². The first-order valence-electron chi connectivity index (χ1n) is 5.12. The monoisotopic (exact) mass is 212 g/mol. The Labute approximate surface area is 88.9 Å². The highest BCUT2D eigenvalue weighted by molar-refractivity contribution is 5.98. The molecule has 0 amide bonds. The molecule has 0 aromatic carbocycles. The molecule has 0 aliphatic heterocycles. The van der Waals surface area contributed by atoms with Crippen LogP contribution in [0.25, 0.3) is 0 Å². The molecule has 0 fully saturated rings. The van der Waals surface area contributed by atoms with Crippen molar-refractivity contribution in [3.63, 3.8) is 0 Å². The summed E-state index contributed by atoms with van der Waals surface area (Å²) < 4.78 is 4.50. The Hall–Kier alpha value is -1.16. The molecule has 1 aliphatic rings. The molecular formula is C11H16O4. The van der Waals surface area contributed by atoms with E-state index in [2.05, 4.69) is 4.74 Å². The van der Waals surface area contributed by atoms with Crippen LogP contribution in [0.15, 0.2) is 11.6 Å². The van der Waals surface area contributed by atoms with Gasteiger partial charge >= 0.3 is 5.97 Å². The summed E-state index contributed by atoms with van der Waals surface area (Å²) in [5, 5.41) is 9.18. The van der Waals surface area contributed by atoms with Crippen molar-refractivity contribution in [2.24, 2.45) is 0 Å². The molecule has 0 aromatic heterocycles. The minimum Gasteiger partial charge on any atom is -0.469 e. The predicted molar refractivity (Wildman–Crippen MR) is 54.2 cm³/mol. The van der Waals surface area contributed by atoms with Gasteiger partial charge in [0.1, 0.15) is 0 Å². The van der Waals surface area contributed by atoms with E-state index in [-0.39, 0.29) is 18.2 Å². The second-order valence-corrected chi connectivity index (χ2v) is 3.67. The molecule has 15 heavy (non-hydrogen) atoms. The Bertz CT molecular complexity index is 280. The third-order valence-electron chi connectivity index (χ3n) is 2.45. The highest BCUT2D eigenvalue weighted by atomic mass is 16.5. The number of carbonyl (C=O) groups excluding carboxylic acids is 2. The van der Waals surface area contributed by atoms with Gasteiger partial charge in [-0.3, -0.25) is 9.59 Å². The Morgan fingerprint density at radius 3 is 2.87 bits per heavy atom. The first-order chi connectivity index (χ1) is 7.13. The first-order valence-corrected chi connectivity index (χ1v) is 5.12. The van der Waals surface area contributed by atoms with Crippen molar-refractivity contribution in [1.29, 1.82) is 0 Å². The lowest BCUT2D eigenvalue weighted by Gasteiger charge is -2.00. The fraction of sp³-hybridized carbons (Fsp3) is 0.636. The molecule has 84 valence electrons. The number of carbonyl (C=O) groups is 2. The molecule has 0 aromatic rings. The van der Waals surface area contributed by atoms with Gasteiger partial charge in [-0.15, -0.1) is 0 Å². The van der Waals surface area contributed by atoms with Gasteiger partial charge in [0.2, 0.25) is 0 Å². The summed E-state index contributed by atoms with van der Waals surface area (Å²) in [4.78, 5) is 22.0. The van der Waals surface area contributed by atoms with Crippen LogP contribution in [0.5, 0.6) is 0 Å². The molecule has 0 saturated carbocycles. The first kappa shape index (κ1) is 11.9. The van der Waals surface area contributed by atoms with E-state index in [1.165, 1.54) is 7.11 Å². The van der Waals surface area contributed by atoms with Gasteiger partial charge in [0.15, 0.2) is 5.78 Å². The molecule has 1 rings (SSSR count).